The zero-order chi connectivity index (χ0) is 9.42. The molecule has 0 amide bonds. The molecule has 1 aromatic carbocycles. The van der Waals surface area contributed by atoms with Crippen molar-refractivity contribution in [3.8, 4) is 0 Å². The molecule has 1 aromatic heterocycles. The number of rotatable bonds is 1. The van der Waals surface area contributed by atoms with Crippen molar-refractivity contribution in [1.29, 1.82) is 0 Å². The molecule has 2 rings (SSSR count). The molecular formula is C11H13NO. The van der Waals surface area contributed by atoms with Crippen molar-refractivity contribution in [2.45, 2.75) is 6.92 Å². The Bertz CT molecular complexity index is 429. The Morgan fingerprint density at radius 2 is 1.92 bits per heavy atom. The Morgan fingerprint density at radius 3 is 2.62 bits per heavy atom. The Kier molecular flexibility index (Phi) is 1.76. The second-order valence-corrected chi connectivity index (χ2v) is 3.52. The third-order valence-corrected chi connectivity index (χ3v) is 2.10. The Balaban J connectivity index is 2.62. The number of hydrogen-bond acceptors (Lipinski definition) is 2. The van der Waals surface area contributed by atoms with E-state index in [2.05, 4.69) is 31.2 Å². The molecule has 13 heavy (non-hydrogen) atoms. The lowest BCUT2D eigenvalue weighted by Crippen LogP contribution is -2.06. The summed E-state index contributed by atoms with van der Waals surface area (Å²) >= 11 is 0. The predicted molar refractivity (Wildman–Crippen MR) is 55.3 cm³/mol. The van der Waals surface area contributed by atoms with Gasteiger partial charge in [-0.2, -0.15) is 0 Å². The lowest BCUT2D eigenvalue weighted by molar-refractivity contribution is 0.610. The summed E-state index contributed by atoms with van der Waals surface area (Å²) in [5.74, 6) is 0.903. The highest BCUT2D eigenvalue weighted by Crippen LogP contribution is 2.25. The monoisotopic (exact) mass is 175 g/mol. The maximum Gasteiger partial charge on any atom is 0.196 e. The van der Waals surface area contributed by atoms with Gasteiger partial charge in [0.25, 0.3) is 0 Å². The smallest absolute Gasteiger partial charge is 0.196 e. The highest BCUT2D eigenvalue weighted by molar-refractivity contribution is 5.81. The first-order valence-electron chi connectivity index (χ1n) is 4.34. The molecule has 0 saturated heterocycles. The van der Waals surface area contributed by atoms with Crippen molar-refractivity contribution >= 4 is 16.9 Å². The molecule has 0 bridgehead atoms. The van der Waals surface area contributed by atoms with Crippen LogP contribution in [0.4, 0.5) is 5.88 Å². The number of hydrogen-bond donors (Lipinski definition) is 0. The summed E-state index contributed by atoms with van der Waals surface area (Å²) in [6.45, 7) is 2.07. The molecule has 0 aliphatic rings. The van der Waals surface area contributed by atoms with Gasteiger partial charge in [0.15, 0.2) is 5.88 Å². The molecule has 2 heteroatoms. The summed E-state index contributed by atoms with van der Waals surface area (Å²) < 4.78 is 5.64. The van der Waals surface area contributed by atoms with Crippen LogP contribution in [-0.4, -0.2) is 14.1 Å². The minimum absolute atomic E-state index is 0.903. The van der Waals surface area contributed by atoms with Gasteiger partial charge in [-0.15, -0.1) is 0 Å². The third kappa shape index (κ3) is 1.39. The second kappa shape index (κ2) is 2.80. The van der Waals surface area contributed by atoms with Crippen molar-refractivity contribution in [2.75, 3.05) is 19.0 Å². The fraction of sp³-hybridized carbons (Fsp3) is 0.273. The summed E-state index contributed by atoms with van der Waals surface area (Å²) in [7, 11) is 3.95. The SMILES string of the molecule is Cc1ccc2cc(N(C)C)oc2c1. The van der Waals surface area contributed by atoms with Gasteiger partial charge in [-0.1, -0.05) is 12.1 Å². The minimum Gasteiger partial charge on any atom is -0.441 e. The molecule has 2 aromatic rings. The minimum atomic E-state index is 0.903. The summed E-state index contributed by atoms with van der Waals surface area (Å²) in [5.41, 5.74) is 2.19. The molecule has 0 unspecified atom stereocenters. The van der Waals surface area contributed by atoms with E-state index in [9.17, 15) is 0 Å². The van der Waals surface area contributed by atoms with Gasteiger partial charge in [0.1, 0.15) is 5.58 Å². The molecule has 0 spiro atoms. The summed E-state index contributed by atoms with van der Waals surface area (Å²) in [5, 5.41) is 1.16. The molecule has 0 N–H and O–H groups in total. The number of furan rings is 1. The lowest BCUT2D eigenvalue weighted by atomic mass is 10.2. The first-order chi connectivity index (χ1) is 6.16. The third-order valence-electron chi connectivity index (χ3n) is 2.10. The van der Waals surface area contributed by atoms with E-state index in [1.807, 2.05) is 19.0 Å². The van der Waals surface area contributed by atoms with E-state index in [4.69, 9.17) is 4.42 Å². The topological polar surface area (TPSA) is 16.4 Å². The first-order valence-corrected chi connectivity index (χ1v) is 4.34. The molecule has 0 radical (unpaired) electrons. The standard InChI is InChI=1S/C11H13NO/c1-8-4-5-9-7-11(12(2)3)13-10(9)6-8/h4-7H,1-3H3. The van der Waals surface area contributed by atoms with Crippen LogP contribution < -0.4 is 4.90 Å². The lowest BCUT2D eigenvalue weighted by Gasteiger charge is -2.05. The van der Waals surface area contributed by atoms with E-state index in [1.165, 1.54) is 5.56 Å². The van der Waals surface area contributed by atoms with Gasteiger partial charge in [-0.25, -0.2) is 0 Å². The van der Waals surface area contributed by atoms with Gasteiger partial charge in [0, 0.05) is 25.5 Å². The normalized spacial score (nSPS) is 10.7. The van der Waals surface area contributed by atoms with Crippen molar-refractivity contribution in [3.05, 3.63) is 29.8 Å². The highest BCUT2D eigenvalue weighted by Gasteiger charge is 2.04. The van der Waals surface area contributed by atoms with E-state index in [-0.39, 0.29) is 0 Å². The van der Waals surface area contributed by atoms with Crippen LogP contribution in [0.2, 0.25) is 0 Å². The fourth-order valence-electron chi connectivity index (χ4n) is 1.34. The van der Waals surface area contributed by atoms with Crippen LogP contribution in [0.25, 0.3) is 11.0 Å². The number of nitrogens with zero attached hydrogens (tertiary/aromatic N) is 1. The molecule has 2 nitrogen and oxygen atoms in total. The molecular weight excluding hydrogens is 162 g/mol. The fourth-order valence-corrected chi connectivity index (χ4v) is 1.34. The maximum absolute atomic E-state index is 5.64. The molecule has 68 valence electrons. The van der Waals surface area contributed by atoms with E-state index < -0.39 is 0 Å². The first kappa shape index (κ1) is 8.17. The highest BCUT2D eigenvalue weighted by atomic mass is 16.4. The average molecular weight is 175 g/mol. The van der Waals surface area contributed by atoms with Gasteiger partial charge in [-0.05, 0) is 18.6 Å². The van der Waals surface area contributed by atoms with Gasteiger partial charge >= 0.3 is 0 Å². The van der Waals surface area contributed by atoms with Crippen LogP contribution in [0.1, 0.15) is 5.56 Å². The quantitative estimate of drug-likeness (QED) is 0.662. The predicted octanol–water partition coefficient (Wildman–Crippen LogP) is 2.81. The van der Waals surface area contributed by atoms with E-state index in [1.54, 1.807) is 0 Å². The van der Waals surface area contributed by atoms with Crippen LogP contribution in [0.15, 0.2) is 28.7 Å². The summed E-state index contributed by atoms with van der Waals surface area (Å²) in [6.07, 6.45) is 0. The van der Waals surface area contributed by atoms with Crippen LogP contribution in [0, 0.1) is 6.92 Å². The van der Waals surface area contributed by atoms with Gasteiger partial charge in [0.2, 0.25) is 0 Å². The molecule has 1 heterocycles. The van der Waals surface area contributed by atoms with Crippen molar-refractivity contribution in [2.24, 2.45) is 0 Å². The van der Waals surface area contributed by atoms with Crippen molar-refractivity contribution < 1.29 is 4.42 Å². The number of benzene rings is 1. The van der Waals surface area contributed by atoms with Crippen LogP contribution in [-0.2, 0) is 0 Å². The number of aryl methyl sites for hydroxylation is 1. The van der Waals surface area contributed by atoms with E-state index in [0.29, 0.717) is 0 Å². The van der Waals surface area contributed by atoms with Crippen LogP contribution in [0.5, 0.6) is 0 Å². The maximum atomic E-state index is 5.64. The van der Waals surface area contributed by atoms with Gasteiger partial charge in [-0.3, -0.25) is 0 Å². The Hall–Kier alpha value is -1.44. The van der Waals surface area contributed by atoms with E-state index in [0.717, 1.165) is 16.9 Å². The largest absolute Gasteiger partial charge is 0.441 e. The number of anilines is 1. The molecule has 0 fully saturated rings. The summed E-state index contributed by atoms with van der Waals surface area (Å²) in [6, 6.07) is 8.29. The van der Waals surface area contributed by atoms with Crippen molar-refractivity contribution in [1.82, 2.24) is 0 Å². The summed E-state index contributed by atoms with van der Waals surface area (Å²) in [4.78, 5) is 1.97. The number of fused-ring (bicyclic) bond motifs is 1. The van der Waals surface area contributed by atoms with Crippen LogP contribution >= 0.6 is 0 Å². The van der Waals surface area contributed by atoms with Crippen molar-refractivity contribution in [3.63, 3.8) is 0 Å². The molecule has 0 aliphatic carbocycles. The van der Waals surface area contributed by atoms with Crippen LogP contribution in [0.3, 0.4) is 0 Å². The second-order valence-electron chi connectivity index (χ2n) is 3.52. The Labute approximate surface area is 77.8 Å². The molecule has 0 aliphatic heterocycles. The Morgan fingerprint density at radius 1 is 1.15 bits per heavy atom. The van der Waals surface area contributed by atoms with Gasteiger partial charge in [0.05, 0.1) is 0 Å². The molecule has 0 saturated carbocycles. The van der Waals surface area contributed by atoms with Gasteiger partial charge < -0.3 is 9.32 Å². The molecule has 0 atom stereocenters. The van der Waals surface area contributed by atoms with E-state index >= 15 is 0 Å². The zero-order valence-electron chi connectivity index (χ0n) is 8.16. The zero-order valence-corrected chi connectivity index (χ0v) is 8.16. The average Bonchev–Trinajstić information content (AvgIpc) is 2.46.